The van der Waals surface area contributed by atoms with Gasteiger partial charge in [0.25, 0.3) is 0 Å². The molecule has 0 radical (unpaired) electrons. The summed E-state index contributed by atoms with van der Waals surface area (Å²) in [6.45, 7) is 0.986. The van der Waals surface area contributed by atoms with E-state index in [4.69, 9.17) is 9.47 Å². The summed E-state index contributed by atoms with van der Waals surface area (Å²) in [5.74, 6) is 0.971. The minimum atomic E-state index is -0.172. The predicted molar refractivity (Wildman–Crippen MR) is 117 cm³/mol. The molecular formula is C24H28N2O4. The van der Waals surface area contributed by atoms with E-state index in [1.807, 2.05) is 24.3 Å². The molecular weight excluding hydrogens is 380 g/mol. The molecule has 0 unspecified atom stereocenters. The highest BCUT2D eigenvalue weighted by Crippen LogP contribution is 2.31. The Labute approximate surface area is 177 Å². The van der Waals surface area contributed by atoms with Crippen molar-refractivity contribution in [2.45, 2.75) is 51.0 Å². The van der Waals surface area contributed by atoms with Gasteiger partial charge in [-0.05, 0) is 55.3 Å². The Morgan fingerprint density at radius 3 is 2.30 bits per heavy atom. The Bertz CT molecular complexity index is 889. The highest BCUT2D eigenvalue weighted by Gasteiger charge is 2.16. The van der Waals surface area contributed by atoms with Crippen LogP contribution in [-0.2, 0) is 4.79 Å². The summed E-state index contributed by atoms with van der Waals surface area (Å²) in [5, 5.41) is 6.43. The van der Waals surface area contributed by atoms with E-state index < -0.39 is 0 Å². The van der Waals surface area contributed by atoms with Crippen molar-refractivity contribution >= 4 is 23.1 Å². The Morgan fingerprint density at radius 2 is 1.53 bits per heavy atom. The standard InChI is InChI=1S/C24H28N2O4/c27-21(17-6-12-22-23(16-17)30-15-14-29-22)11-13-24(28)26-20-9-7-19(8-10-20)25-18-4-2-1-3-5-18/h6-10,12,16,18,25H,1-5,11,13-15H2,(H,26,28). The van der Waals surface area contributed by atoms with Crippen LogP contribution in [-0.4, -0.2) is 30.9 Å². The van der Waals surface area contributed by atoms with Crippen LogP contribution in [0.2, 0.25) is 0 Å². The molecule has 2 aliphatic rings. The molecule has 4 rings (SSSR count). The molecule has 1 fully saturated rings. The average molecular weight is 408 g/mol. The molecule has 1 saturated carbocycles. The SMILES string of the molecule is O=C(CCC(=O)c1ccc2c(c1)OCCO2)Nc1ccc(NC2CCCCC2)cc1. The van der Waals surface area contributed by atoms with Gasteiger partial charge in [-0.1, -0.05) is 19.3 Å². The fraction of sp³-hybridized carbons (Fsp3) is 0.417. The number of nitrogens with one attached hydrogen (secondary N) is 2. The monoisotopic (exact) mass is 408 g/mol. The van der Waals surface area contributed by atoms with Crippen molar-refractivity contribution in [2.75, 3.05) is 23.8 Å². The van der Waals surface area contributed by atoms with Crippen molar-refractivity contribution in [3.05, 3.63) is 48.0 Å². The molecule has 2 aromatic carbocycles. The van der Waals surface area contributed by atoms with Crippen LogP contribution in [0.1, 0.15) is 55.3 Å². The van der Waals surface area contributed by atoms with Crippen LogP contribution in [0, 0.1) is 0 Å². The Hall–Kier alpha value is -3.02. The minimum absolute atomic E-state index is 0.0887. The number of carbonyl (C=O) groups is 2. The highest BCUT2D eigenvalue weighted by atomic mass is 16.6. The number of hydrogen-bond donors (Lipinski definition) is 2. The van der Waals surface area contributed by atoms with Crippen LogP contribution in [0.25, 0.3) is 0 Å². The summed E-state index contributed by atoms with van der Waals surface area (Å²) in [6, 6.07) is 13.5. The van der Waals surface area contributed by atoms with Gasteiger partial charge in [-0.3, -0.25) is 9.59 Å². The van der Waals surface area contributed by atoms with Crippen LogP contribution in [0.15, 0.2) is 42.5 Å². The van der Waals surface area contributed by atoms with Gasteiger partial charge in [0.1, 0.15) is 13.2 Å². The zero-order chi connectivity index (χ0) is 20.8. The van der Waals surface area contributed by atoms with Crippen LogP contribution >= 0.6 is 0 Å². The molecule has 2 N–H and O–H groups in total. The normalized spacial score (nSPS) is 16.0. The molecule has 1 amide bonds. The number of anilines is 2. The largest absolute Gasteiger partial charge is 0.486 e. The van der Waals surface area contributed by atoms with Gasteiger partial charge < -0.3 is 20.1 Å². The smallest absolute Gasteiger partial charge is 0.224 e. The van der Waals surface area contributed by atoms with E-state index in [9.17, 15) is 9.59 Å². The molecule has 2 aromatic rings. The fourth-order valence-electron chi connectivity index (χ4n) is 3.94. The maximum atomic E-state index is 12.4. The van der Waals surface area contributed by atoms with E-state index in [0.717, 1.165) is 11.4 Å². The first-order chi connectivity index (χ1) is 14.7. The Balaban J connectivity index is 1.24. The molecule has 1 aliphatic heterocycles. The number of ketones is 1. The third kappa shape index (κ3) is 5.32. The van der Waals surface area contributed by atoms with Gasteiger partial charge in [0, 0.05) is 35.8 Å². The van der Waals surface area contributed by atoms with Crippen molar-refractivity contribution in [1.29, 1.82) is 0 Å². The van der Waals surface area contributed by atoms with Crippen molar-refractivity contribution in [3.63, 3.8) is 0 Å². The van der Waals surface area contributed by atoms with Crippen molar-refractivity contribution in [2.24, 2.45) is 0 Å². The molecule has 0 atom stereocenters. The van der Waals surface area contributed by atoms with E-state index in [2.05, 4.69) is 10.6 Å². The number of rotatable bonds is 7. The van der Waals surface area contributed by atoms with Crippen LogP contribution in [0.4, 0.5) is 11.4 Å². The summed E-state index contributed by atoms with van der Waals surface area (Å²) >= 11 is 0. The van der Waals surface area contributed by atoms with Gasteiger partial charge >= 0.3 is 0 Å². The first kappa shape index (κ1) is 20.3. The molecule has 0 bridgehead atoms. The molecule has 30 heavy (non-hydrogen) atoms. The lowest BCUT2D eigenvalue weighted by atomic mass is 9.95. The fourth-order valence-corrected chi connectivity index (χ4v) is 3.94. The second-order valence-electron chi connectivity index (χ2n) is 7.89. The van der Waals surface area contributed by atoms with Crippen LogP contribution in [0.5, 0.6) is 11.5 Å². The quantitative estimate of drug-likeness (QED) is 0.644. The molecule has 0 spiro atoms. The third-order valence-electron chi connectivity index (χ3n) is 5.59. The maximum absolute atomic E-state index is 12.4. The summed E-state index contributed by atoms with van der Waals surface area (Å²) in [4.78, 5) is 24.7. The van der Waals surface area contributed by atoms with E-state index in [-0.39, 0.29) is 24.5 Å². The lowest BCUT2D eigenvalue weighted by molar-refractivity contribution is -0.116. The number of benzene rings is 2. The highest BCUT2D eigenvalue weighted by molar-refractivity contribution is 6.00. The summed E-state index contributed by atoms with van der Waals surface area (Å²) in [7, 11) is 0. The van der Waals surface area contributed by atoms with E-state index in [0.29, 0.717) is 36.3 Å². The lowest BCUT2D eigenvalue weighted by Crippen LogP contribution is -2.22. The topological polar surface area (TPSA) is 76.7 Å². The van der Waals surface area contributed by atoms with Gasteiger partial charge in [-0.15, -0.1) is 0 Å². The second kappa shape index (κ2) is 9.65. The third-order valence-corrected chi connectivity index (χ3v) is 5.59. The number of Topliss-reactive ketones (excluding diaryl/α,β-unsaturated/α-hetero) is 1. The first-order valence-electron chi connectivity index (χ1n) is 10.8. The molecule has 6 nitrogen and oxygen atoms in total. The van der Waals surface area contributed by atoms with E-state index >= 15 is 0 Å². The van der Waals surface area contributed by atoms with Gasteiger partial charge in [-0.2, -0.15) is 0 Å². The van der Waals surface area contributed by atoms with Crippen molar-refractivity contribution in [1.82, 2.24) is 0 Å². The molecule has 6 heteroatoms. The summed E-state index contributed by atoms with van der Waals surface area (Å²) < 4.78 is 11.0. The summed E-state index contributed by atoms with van der Waals surface area (Å²) in [6.07, 6.45) is 6.63. The number of fused-ring (bicyclic) bond motifs is 1. The number of amides is 1. The lowest BCUT2D eigenvalue weighted by Gasteiger charge is -2.23. The van der Waals surface area contributed by atoms with E-state index in [1.165, 1.54) is 32.1 Å². The zero-order valence-corrected chi connectivity index (χ0v) is 17.1. The average Bonchev–Trinajstić information content (AvgIpc) is 2.79. The van der Waals surface area contributed by atoms with Crippen LogP contribution < -0.4 is 20.1 Å². The molecule has 0 aromatic heterocycles. The van der Waals surface area contributed by atoms with Crippen LogP contribution in [0.3, 0.4) is 0 Å². The minimum Gasteiger partial charge on any atom is -0.486 e. The summed E-state index contributed by atoms with van der Waals surface area (Å²) in [5.41, 5.74) is 2.35. The van der Waals surface area contributed by atoms with Gasteiger partial charge in [-0.25, -0.2) is 0 Å². The maximum Gasteiger partial charge on any atom is 0.224 e. The van der Waals surface area contributed by atoms with E-state index in [1.54, 1.807) is 18.2 Å². The number of carbonyl (C=O) groups excluding carboxylic acids is 2. The van der Waals surface area contributed by atoms with Crippen molar-refractivity contribution in [3.8, 4) is 11.5 Å². The molecule has 0 saturated heterocycles. The zero-order valence-electron chi connectivity index (χ0n) is 17.1. The molecule has 1 aliphatic carbocycles. The molecule has 158 valence electrons. The van der Waals surface area contributed by atoms with Gasteiger partial charge in [0.15, 0.2) is 17.3 Å². The Morgan fingerprint density at radius 1 is 0.833 bits per heavy atom. The Kier molecular flexibility index (Phi) is 6.52. The molecule has 1 heterocycles. The number of ether oxygens (including phenoxy) is 2. The predicted octanol–water partition coefficient (Wildman–Crippen LogP) is 4.80. The second-order valence-corrected chi connectivity index (χ2v) is 7.89. The van der Waals surface area contributed by atoms with Gasteiger partial charge in [0.2, 0.25) is 5.91 Å². The number of hydrogen-bond acceptors (Lipinski definition) is 5. The van der Waals surface area contributed by atoms with Crippen molar-refractivity contribution < 1.29 is 19.1 Å². The van der Waals surface area contributed by atoms with Gasteiger partial charge in [0.05, 0.1) is 0 Å². The first-order valence-corrected chi connectivity index (χ1v) is 10.8.